The largest absolute Gasteiger partial charge is 0.497 e. The van der Waals surface area contributed by atoms with Gasteiger partial charge in [-0.1, -0.05) is 11.8 Å². The molecular weight excluding hydrogens is 376 g/mol. The van der Waals surface area contributed by atoms with Crippen LogP contribution < -0.4 is 4.74 Å². The van der Waals surface area contributed by atoms with E-state index in [-0.39, 0.29) is 17.7 Å². The van der Waals surface area contributed by atoms with Crippen LogP contribution in [0.5, 0.6) is 5.75 Å². The van der Waals surface area contributed by atoms with Crippen LogP contribution in [-0.4, -0.2) is 39.5 Å². The van der Waals surface area contributed by atoms with Crippen LogP contribution in [0.15, 0.2) is 75.8 Å². The number of furan rings is 1. The number of amides is 1. The zero-order chi connectivity index (χ0) is 19.3. The minimum absolute atomic E-state index is 0.123. The molecule has 1 aliphatic rings. The average molecular weight is 394 g/mol. The number of hydrazone groups is 1. The lowest BCUT2D eigenvalue weighted by atomic mass is 10.0. The SMILES string of the molecule is COc1ccc(C2=NN(C(=O)CSc3ncccn3)C(c3ccco3)C2)cc1. The number of hydrogen-bond acceptors (Lipinski definition) is 7. The van der Waals surface area contributed by atoms with E-state index in [0.717, 1.165) is 17.0 Å². The number of aromatic nitrogens is 2. The molecule has 3 aromatic rings. The first kappa shape index (κ1) is 18.2. The standard InChI is InChI=1S/C20H18N4O3S/c1-26-15-7-5-14(6-8-15)16-12-17(18-4-2-11-27-18)24(23-16)19(25)13-28-20-21-9-3-10-22-20/h2-11,17H,12-13H2,1H3. The van der Waals surface area contributed by atoms with Crippen molar-refractivity contribution < 1.29 is 13.9 Å². The van der Waals surface area contributed by atoms with Gasteiger partial charge in [0.05, 0.1) is 24.8 Å². The lowest BCUT2D eigenvalue weighted by Crippen LogP contribution is -2.28. The van der Waals surface area contributed by atoms with E-state index < -0.39 is 0 Å². The van der Waals surface area contributed by atoms with E-state index in [1.165, 1.54) is 16.8 Å². The van der Waals surface area contributed by atoms with Crippen LogP contribution in [0.25, 0.3) is 0 Å². The molecule has 0 radical (unpaired) electrons. The highest BCUT2D eigenvalue weighted by Gasteiger charge is 2.34. The summed E-state index contributed by atoms with van der Waals surface area (Å²) in [6, 6.07) is 12.8. The Labute approximate surface area is 166 Å². The zero-order valence-electron chi connectivity index (χ0n) is 15.2. The first-order chi connectivity index (χ1) is 13.7. The highest BCUT2D eigenvalue weighted by molar-refractivity contribution is 7.99. The maximum atomic E-state index is 12.9. The van der Waals surface area contributed by atoms with Crippen molar-refractivity contribution in [2.24, 2.45) is 5.10 Å². The first-order valence-electron chi connectivity index (χ1n) is 8.72. The number of hydrogen-bond donors (Lipinski definition) is 0. The monoisotopic (exact) mass is 394 g/mol. The summed E-state index contributed by atoms with van der Waals surface area (Å²) in [5.74, 6) is 1.56. The molecule has 1 atom stereocenters. The summed E-state index contributed by atoms with van der Waals surface area (Å²) in [6.45, 7) is 0. The lowest BCUT2D eigenvalue weighted by molar-refractivity contribution is -0.130. The quantitative estimate of drug-likeness (QED) is 0.470. The Balaban J connectivity index is 1.55. The molecule has 1 aromatic carbocycles. The van der Waals surface area contributed by atoms with Gasteiger partial charge in [-0.25, -0.2) is 15.0 Å². The Bertz CT molecular complexity index is 959. The molecule has 0 spiro atoms. The molecule has 1 unspecified atom stereocenters. The van der Waals surface area contributed by atoms with Crippen molar-refractivity contribution in [3.8, 4) is 5.75 Å². The molecule has 0 bridgehead atoms. The average Bonchev–Trinajstić information content (AvgIpc) is 3.42. The second-order valence-electron chi connectivity index (χ2n) is 6.07. The van der Waals surface area contributed by atoms with Crippen molar-refractivity contribution in [3.05, 3.63) is 72.4 Å². The first-order valence-corrected chi connectivity index (χ1v) is 9.70. The molecule has 2 aromatic heterocycles. The zero-order valence-corrected chi connectivity index (χ0v) is 16.0. The molecule has 0 saturated carbocycles. The number of ether oxygens (including phenoxy) is 1. The summed E-state index contributed by atoms with van der Waals surface area (Å²) in [5, 5.41) is 6.68. The Morgan fingerprint density at radius 2 is 2.00 bits per heavy atom. The molecular formula is C20H18N4O3S. The van der Waals surface area contributed by atoms with E-state index in [1.54, 1.807) is 31.8 Å². The molecule has 8 heteroatoms. The highest BCUT2D eigenvalue weighted by atomic mass is 32.2. The van der Waals surface area contributed by atoms with Crippen molar-refractivity contribution in [1.82, 2.24) is 15.0 Å². The summed E-state index contributed by atoms with van der Waals surface area (Å²) in [6.07, 6.45) is 5.50. The normalized spacial score (nSPS) is 16.1. The number of nitrogens with zero attached hydrogens (tertiary/aromatic N) is 4. The highest BCUT2D eigenvalue weighted by Crippen LogP contribution is 2.34. The number of carbonyl (C=O) groups excluding carboxylic acids is 1. The third-order valence-electron chi connectivity index (χ3n) is 4.33. The van der Waals surface area contributed by atoms with Crippen LogP contribution in [0.2, 0.25) is 0 Å². The Kier molecular flexibility index (Phi) is 5.38. The molecule has 1 amide bonds. The molecule has 3 heterocycles. The number of carbonyl (C=O) groups is 1. The van der Waals surface area contributed by atoms with Gasteiger partial charge in [0, 0.05) is 18.8 Å². The Morgan fingerprint density at radius 1 is 1.21 bits per heavy atom. The lowest BCUT2D eigenvalue weighted by Gasteiger charge is -2.19. The third-order valence-corrected chi connectivity index (χ3v) is 5.19. The molecule has 0 saturated heterocycles. The molecule has 0 N–H and O–H groups in total. The van der Waals surface area contributed by atoms with Gasteiger partial charge in [-0.2, -0.15) is 5.10 Å². The second kappa shape index (κ2) is 8.26. The van der Waals surface area contributed by atoms with E-state index in [2.05, 4.69) is 15.1 Å². The number of methoxy groups -OCH3 is 1. The molecule has 7 nitrogen and oxygen atoms in total. The maximum absolute atomic E-state index is 12.9. The number of benzene rings is 1. The van der Waals surface area contributed by atoms with Gasteiger partial charge in [-0.15, -0.1) is 0 Å². The van der Waals surface area contributed by atoms with Gasteiger partial charge >= 0.3 is 0 Å². The van der Waals surface area contributed by atoms with Gasteiger partial charge in [0.1, 0.15) is 17.6 Å². The number of thioether (sulfide) groups is 1. The molecule has 0 fully saturated rings. The van der Waals surface area contributed by atoms with E-state index in [0.29, 0.717) is 17.3 Å². The van der Waals surface area contributed by atoms with Gasteiger partial charge in [0.25, 0.3) is 5.91 Å². The molecule has 0 aliphatic carbocycles. The van der Waals surface area contributed by atoms with Crippen LogP contribution in [-0.2, 0) is 4.79 Å². The van der Waals surface area contributed by atoms with Crippen LogP contribution >= 0.6 is 11.8 Å². The van der Waals surface area contributed by atoms with Crippen molar-refractivity contribution in [1.29, 1.82) is 0 Å². The predicted molar refractivity (Wildman–Crippen MR) is 105 cm³/mol. The fourth-order valence-electron chi connectivity index (χ4n) is 2.95. The van der Waals surface area contributed by atoms with E-state index in [1.807, 2.05) is 36.4 Å². The smallest absolute Gasteiger partial charge is 0.253 e. The summed E-state index contributed by atoms with van der Waals surface area (Å²) < 4.78 is 10.8. The fourth-order valence-corrected chi connectivity index (χ4v) is 3.61. The van der Waals surface area contributed by atoms with E-state index >= 15 is 0 Å². The maximum Gasteiger partial charge on any atom is 0.253 e. The van der Waals surface area contributed by atoms with Gasteiger partial charge in [-0.3, -0.25) is 4.79 Å². The van der Waals surface area contributed by atoms with Crippen LogP contribution in [0.3, 0.4) is 0 Å². The minimum atomic E-state index is -0.267. The summed E-state index contributed by atoms with van der Waals surface area (Å²) >= 11 is 1.29. The van der Waals surface area contributed by atoms with E-state index in [9.17, 15) is 4.79 Å². The molecule has 1 aliphatic heterocycles. The van der Waals surface area contributed by atoms with Gasteiger partial charge in [0.15, 0.2) is 5.16 Å². The van der Waals surface area contributed by atoms with Crippen molar-refractivity contribution in [3.63, 3.8) is 0 Å². The fraction of sp³-hybridized carbons (Fsp3) is 0.200. The van der Waals surface area contributed by atoms with Crippen LogP contribution in [0.4, 0.5) is 0 Å². The molecule has 142 valence electrons. The van der Waals surface area contributed by atoms with Crippen molar-refractivity contribution >= 4 is 23.4 Å². The molecule has 4 rings (SSSR count). The topological polar surface area (TPSA) is 80.8 Å². The Hall–Kier alpha value is -3.13. The number of rotatable bonds is 6. The van der Waals surface area contributed by atoms with Crippen molar-refractivity contribution in [2.75, 3.05) is 12.9 Å². The predicted octanol–water partition coefficient (Wildman–Crippen LogP) is 3.55. The van der Waals surface area contributed by atoms with Crippen LogP contribution in [0, 0.1) is 0 Å². The van der Waals surface area contributed by atoms with Gasteiger partial charge in [-0.05, 0) is 48.0 Å². The Morgan fingerprint density at radius 3 is 2.68 bits per heavy atom. The summed E-state index contributed by atoms with van der Waals surface area (Å²) in [7, 11) is 1.63. The third kappa shape index (κ3) is 3.91. The van der Waals surface area contributed by atoms with Crippen LogP contribution in [0.1, 0.15) is 23.8 Å². The van der Waals surface area contributed by atoms with Gasteiger partial charge in [0.2, 0.25) is 0 Å². The second-order valence-corrected chi connectivity index (χ2v) is 7.01. The summed E-state index contributed by atoms with van der Waals surface area (Å²) in [4.78, 5) is 21.2. The van der Waals surface area contributed by atoms with Gasteiger partial charge < -0.3 is 9.15 Å². The van der Waals surface area contributed by atoms with E-state index in [4.69, 9.17) is 9.15 Å². The van der Waals surface area contributed by atoms with Crippen molar-refractivity contribution in [2.45, 2.75) is 17.6 Å². The molecule has 28 heavy (non-hydrogen) atoms. The summed E-state index contributed by atoms with van der Waals surface area (Å²) in [5.41, 5.74) is 1.78. The minimum Gasteiger partial charge on any atom is -0.497 e.